The molecule has 1 unspecified atom stereocenters. The van der Waals surface area contributed by atoms with E-state index in [1.165, 1.54) is 10.6 Å². The van der Waals surface area contributed by atoms with Gasteiger partial charge in [0.15, 0.2) is 0 Å². The first-order chi connectivity index (χ1) is 13.7. The van der Waals surface area contributed by atoms with Gasteiger partial charge in [0, 0.05) is 25.5 Å². The van der Waals surface area contributed by atoms with Gasteiger partial charge in [-0.2, -0.15) is 0 Å². The summed E-state index contributed by atoms with van der Waals surface area (Å²) in [6.45, 7) is 1.11. The van der Waals surface area contributed by atoms with Crippen LogP contribution in [0.1, 0.15) is 23.2 Å². The predicted molar refractivity (Wildman–Crippen MR) is 105 cm³/mol. The molecule has 3 aromatic rings. The van der Waals surface area contributed by atoms with E-state index in [9.17, 15) is 9.59 Å². The summed E-state index contributed by atoms with van der Waals surface area (Å²) in [7, 11) is 1.61. The number of fused-ring (bicyclic) bond motifs is 1. The number of pyridine rings is 1. The minimum Gasteiger partial charge on any atom is -0.497 e. The normalized spacial score (nSPS) is 16.2. The van der Waals surface area contributed by atoms with E-state index in [-0.39, 0.29) is 11.7 Å². The summed E-state index contributed by atoms with van der Waals surface area (Å²) < 4.78 is 12.1. The van der Waals surface area contributed by atoms with Gasteiger partial charge < -0.3 is 14.8 Å². The van der Waals surface area contributed by atoms with Crippen LogP contribution in [0.3, 0.4) is 0 Å². The van der Waals surface area contributed by atoms with Crippen LogP contribution >= 0.6 is 0 Å². The molecule has 144 valence electrons. The van der Waals surface area contributed by atoms with Gasteiger partial charge in [-0.3, -0.25) is 14.0 Å². The zero-order valence-electron chi connectivity index (χ0n) is 15.6. The van der Waals surface area contributed by atoms with Crippen LogP contribution in [0.2, 0.25) is 0 Å². The fourth-order valence-corrected chi connectivity index (χ4v) is 3.29. The Kier molecular flexibility index (Phi) is 5.08. The molecule has 0 radical (unpaired) electrons. The number of carbonyl (C=O) groups excluding carboxylic acids is 1. The molecule has 1 aliphatic heterocycles. The molecule has 1 fully saturated rings. The van der Waals surface area contributed by atoms with E-state index in [1.54, 1.807) is 19.4 Å². The summed E-state index contributed by atoms with van der Waals surface area (Å²) >= 11 is 0. The molecule has 1 saturated heterocycles. The average molecular weight is 379 g/mol. The van der Waals surface area contributed by atoms with Gasteiger partial charge in [0.1, 0.15) is 17.0 Å². The number of amides is 1. The van der Waals surface area contributed by atoms with Crippen molar-refractivity contribution >= 4 is 11.6 Å². The fourth-order valence-electron chi connectivity index (χ4n) is 3.29. The standard InChI is InChI=1S/C21H21N3O4/c1-27-16-7-4-14(5-8-16)15-6-9-19-22-12-18(21(26)24(19)13-15)20(25)23-11-17-3-2-10-28-17/h4-9,12-13,17H,2-3,10-11H2,1H3,(H,23,25). The quantitative estimate of drug-likeness (QED) is 0.735. The number of methoxy groups -OCH3 is 1. The average Bonchev–Trinajstić information content (AvgIpc) is 3.26. The summed E-state index contributed by atoms with van der Waals surface area (Å²) in [4.78, 5) is 29.6. The smallest absolute Gasteiger partial charge is 0.270 e. The topological polar surface area (TPSA) is 81.9 Å². The predicted octanol–water partition coefficient (Wildman–Crippen LogP) is 2.28. The second-order valence-electron chi connectivity index (χ2n) is 6.70. The lowest BCUT2D eigenvalue weighted by Crippen LogP contribution is -2.36. The Morgan fingerprint density at radius 1 is 1.25 bits per heavy atom. The molecule has 1 N–H and O–H groups in total. The molecule has 0 spiro atoms. The molecular weight excluding hydrogens is 358 g/mol. The Bertz CT molecular complexity index is 1050. The van der Waals surface area contributed by atoms with Crippen molar-refractivity contribution < 1.29 is 14.3 Å². The highest BCUT2D eigenvalue weighted by molar-refractivity contribution is 5.93. The highest BCUT2D eigenvalue weighted by atomic mass is 16.5. The molecule has 1 aromatic carbocycles. The molecule has 1 atom stereocenters. The van der Waals surface area contributed by atoms with E-state index in [0.717, 1.165) is 36.3 Å². The largest absolute Gasteiger partial charge is 0.497 e. The minimum atomic E-state index is -0.433. The number of benzene rings is 1. The highest BCUT2D eigenvalue weighted by Crippen LogP contribution is 2.22. The number of aromatic nitrogens is 2. The molecule has 4 rings (SSSR count). The molecule has 1 aliphatic rings. The van der Waals surface area contributed by atoms with Crippen LogP contribution in [0, 0.1) is 0 Å². The Balaban J connectivity index is 1.63. The van der Waals surface area contributed by atoms with Crippen molar-refractivity contribution in [1.29, 1.82) is 0 Å². The summed E-state index contributed by atoms with van der Waals surface area (Å²) in [5, 5.41) is 2.77. The van der Waals surface area contributed by atoms with Crippen molar-refractivity contribution in [3.63, 3.8) is 0 Å². The van der Waals surface area contributed by atoms with Crippen LogP contribution in [0.5, 0.6) is 5.75 Å². The van der Waals surface area contributed by atoms with Gasteiger partial charge in [-0.05, 0) is 48.2 Å². The van der Waals surface area contributed by atoms with Gasteiger partial charge in [-0.15, -0.1) is 0 Å². The lowest BCUT2D eigenvalue weighted by Gasteiger charge is -2.11. The number of carbonyl (C=O) groups is 1. The molecular formula is C21H21N3O4. The van der Waals surface area contributed by atoms with Crippen LogP contribution in [0.25, 0.3) is 16.8 Å². The van der Waals surface area contributed by atoms with E-state index in [1.807, 2.05) is 30.3 Å². The van der Waals surface area contributed by atoms with Crippen LogP contribution in [0.15, 0.2) is 53.6 Å². The molecule has 3 heterocycles. The van der Waals surface area contributed by atoms with Crippen molar-refractivity contribution in [3.05, 3.63) is 64.7 Å². The number of rotatable bonds is 5. The highest BCUT2D eigenvalue weighted by Gasteiger charge is 2.19. The van der Waals surface area contributed by atoms with Crippen LogP contribution in [-0.4, -0.2) is 41.7 Å². The van der Waals surface area contributed by atoms with Crippen molar-refractivity contribution in [3.8, 4) is 16.9 Å². The second-order valence-corrected chi connectivity index (χ2v) is 6.70. The molecule has 0 saturated carbocycles. The third-order valence-corrected chi connectivity index (χ3v) is 4.88. The third-order valence-electron chi connectivity index (χ3n) is 4.88. The van der Waals surface area contributed by atoms with Crippen molar-refractivity contribution in [1.82, 2.24) is 14.7 Å². The second kappa shape index (κ2) is 7.82. The summed E-state index contributed by atoms with van der Waals surface area (Å²) in [6.07, 6.45) is 4.95. The molecule has 2 aromatic heterocycles. The number of ether oxygens (including phenoxy) is 2. The molecule has 7 nitrogen and oxygen atoms in total. The number of hydrogen-bond acceptors (Lipinski definition) is 5. The van der Waals surface area contributed by atoms with Gasteiger partial charge in [-0.25, -0.2) is 4.98 Å². The Morgan fingerprint density at radius 2 is 2.04 bits per heavy atom. The van der Waals surface area contributed by atoms with Crippen molar-refractivity contribution in [2.24, 2.45) is 0 Å². The molecule has 28 heavy (non-hydrogen) atoms. The molecule has 7 heteroatoms. The van der Waals surface area contributed by atoms with Gasteiger partial charge in [0.2, 0.25) is 0 Å². The maximum Gasteiger partial charge on any atom is 0.270 e. The zero-order chi connectivity index (χ0) is 19.5. The first-order valence-electron chi connectivity index (χ1n) is 9.21. The SMILES string of the molecule is COc1ccc(-c2ccc3ncc(C(=O)NCC4CCCO4)c(=O)n3c2)cc1. The van der Waals surface area contributed by atoms with Crippen LogP contribution < -0.4 is 15.6 Å². The Labute approximate surface area is 161 Å². The van der Waals surface area contributed by atoms with E-state index in [4.69, 9.17) is 9.47 Å². The monoisotopic (exact) mass is 379 g/mol. The van der Waals surface area contributed by atoms with Crippen LogP contribution in [-0.2, 0) is 4.74 Å². The number of nitrogens with one attached hydrogen (secondary N) is 1. The van der Waals surface area contributed by atoms with Gasteiger partial charge in [0.25, 0.3) is 11.5 Å². The molecule has 0 bridgehead atoms. The van der Waals surface area contributed by atoms with Crippen LogP contribution in [0.4, 0.5) is 0 Å². The summed E-state index contributed by atoms with van der Waals surface area (Å²) in [5.41, 5.74) is 1.88. The lowest BCUT2D eigenvalue weighted by atomic mass is 10.1. The lowest BCUT2D eigenvalue weighted by molar-refractivity contribution is 0.0856. The maximum absolute atomic E-state index is 12.9. The van der Waals surface area contributed by atoms with E-state index < -0.39 is 11.5 Å². The summed E-state index contributed by atoms with van der Waals surface area (Å²) in [5.74, 6) is 0.325. The zero-order valence-corrected chi connectivity index (χ0v) is 15.6. The minimum absolute atomic E-state index is 0.0156. The van der Waals surface area contributed by atoms with Gasteiger partial charge >= 0.3 is 0 Å². The number of hydrogen-bond donors (Lipinski definition) is 1. The third kappa shape index (κ3) is 3.61. The molecule has 0 aliphatic carbocycles. The summed E-state index contributed by atoms with van der Waals surface area (Å²) in [6, 6.07) is 11.2. The van der Waals surface area contributed by atoms with Gasteiger partial charge in [0.05, 0.1) is 13.2 Å². The van der Waals surface area contributed by atoms with Crippen molar-refractivity contribution in [2.45, 2.75) is 18.9 Å². The fraction of sp³-hybridized carbons (Fsp3) is 0.286. The molecule has 1 amide bonds. The maximum atomic E-state index is 12.9. The van der Waals surface area contributed by atoms with Crippen molar-refractivity contribution in [2.75, 3.05) is 20.3 Å². The van der Waals surface area contributed by atoms with E-state index in [2.05, 4.69) is 10.3 Å². The first kappa shape index (κ1) is 18.2. The first-order valence-corrected chi connectivity index (χ1v) is 9.21. The van der Waals surface area contributed by atoms with Gasteiger partial charge in [-0.1, -0.05) is 12.1 Å². The Hall–Kier alpha value is -3.19. The Morgan fingerprint density at radius 3 is 2.75 bits per heavy atom. The van der Waals surface area contributed by atoms with E-state index >= 15 is 0 Å². The van der Waals surface area contributed by atoms with E-state index in [0.29, 0.717) is 12.2 Å². The number of nitrogens with zero attached hydrogens (tertiary/aromatic N) is 2.